The summed E-state index contributed by atoms with van der Waals surface area (Å²) in [6.45, 7) is 15.9. The van der Waals surface area contributed by atoms with Crippen LogP contribution in [0.4, 0.5) is 0 Å². The monoisotopic (exact) mass is 460 g/mol. The topological polar surface area (TPSA) is 80.9 Å². The average molecular weight is 461 g/mol. The van der Waals surface area contributed by atoms with Gasteiger partial charge < -0.3 is 20.4 Å². The number of allylic oxidation sites excluding steroid dienone is 2. The molecule has 0 amide bonds. The lowest BCUT2D eigenvalue weighted by Crippen LogP contribution is -2.72. The lowest BCUT2D eigenvalue weighted by atomic mass is 9.43. The van der Waals surface area contributed by atoms with Gasteiger partial charge in [0.25, 0.3) is 0 Å². The van der Waals surface area contributed by atoms with Crippen molar-refractivity contribution in [3.8, 4) is 0 Å². The van der Waals surface area contributed by atoms with Gasteiger partial charge in [-0.05, 0) is 86.0 Å². The molecule has 0 heterocycles. The molecule has 188 valence electrons. The summed E-state index contributed by atoms with van der Waals surface area (Å²) >= 11 is 0. The second kappa shape index (κ2) is 8.18. The van der Waals surface area contributed by atoms with Crippen LogP contribution in [0.3, 0.4) is 0 Å². The van der Waals surface area contributed by atoms with Gasteiger partial charge in [0.2, 0.25) is 0 Å². The van der Waals surface area contributed by atoms with Gasteiger partial charge in [-0.15, -0.1) is 0 Å². The van der Waals surface area contributed by atoms with Gasteiger partial charge in [-0.25, -0.2) is 0 Å². The van der Waals surface area contributed by atoms with Gasteiger partial charge in [0.15, 0.2) is 0 Å². The lowest BCUT2D eigenvalue weighted by molar-refractivity contribution is -0.258. The zero-order chi connectivity index (χ0) is 24.6. The van der Waals surface area contributed by atoms with Crippen LogP contribution in [0.5, 0.6) is 0 Å². The van der Waals surface area contributed by atoms with Gasteiger partial charge in [-0.3, -0.25) is 0 Å². The van der Waals surface area contributed by atoms with Crippen molar-refractivity contribution in [2.75, 3.05) is 0 Å². The second-order valence-corrected chi connectivity index (χ2v) is 13.1. The van der Waals surface area contributed by atoms with Gasteiger partial charge in [0.1, 0.15) is 11.7 Å². The first kappa shape index (κ1) is 25.4. The standard InChI is InChI=1S/C29H48O4/c1-17(2)20(5)18(3)14-19(4)22-8-9-23-24-15-25(31)29(33)16-21(30)10-11-27(29,7)28(24,32)13-12-26(22,23)6/h14-15,17,19-23,25,30-33H,8-13,16H2,1-7H3/b18-14+. The molecule has 4 nitrogen and oxygen atoms in total. The molecule has 4 aliphatic rings. The molecule has 0 radical (unpaired) electrons. The molecule has 4 rings (SSSR count). The Labute approximate surface area is 201 Å². The van der Waals surface area contributed by atoms with E-state index in [-0.39, 0.29) is 17.8 Å². The van der Waals surface area contributed by atoms with Crippen molar-refractivity contribution in [2.45, 2.75) is 117 Å². The van der Waals surface area contributed by atoms with E-state index in [0.29, 0.717) is 42.9 Å². The molecule has 0 aromatic carbocycles. The molecular formula is C29H48O4. The highest BCUT2D eigenvalue weighted by molar-refractivity contribution is 5.40. The maximum Gasteiger partial charge on any atom is 0.105 e. The van der Waals surface area contributed by atoms with Gasteiger partial charge in [-0.2, -0.15) is 0 Å². The van der Waals surface area contributed by atoms with Gasteiger partial charge in [-0.1, -0.05) is 59.3 Å². The van der Waals surface area contributed by atoms with Crippen LogP contribution in [0.15, 0.2) is 23.3 Å². The molecule has 33 heavy (non-hydrogen) atoms. The molecule has 4 heteroatoms. The predicted octanol–water partition coefficient (Wildman–Crippen LogP) is 5.00. The molecule has 4 N–H and O–H groups in total. The maximum atomic E-state index is 12.2. The molecule has 0 saturated heterocycles. The van der Waals surface area contributed by atoms with E-state index in [9.17, 15) is 20.4 Å². The SMILES string of the molecule is C/C(=C\C(C)C1CCC2C3=CC(O)C4(O)CC(O)CCC4(C)C3(O)CCC21C)C(C)C(C)C. The first-order chi connectivity index (χ1) is 15.2. The Kier molecular flexibility index (Phi) is 6.30. The number of aliphatic hydroxyl groups is 4. The van der Waals surface area contributed by atoms with Crippen LogP contribution in [0.1, 0.15) is 93.4 Å². The van der Waals surface area contributed by atoms with E-state index in [0.717, 1.165) is 24.8 Å². The molecule has 0 aliphatic heterocycles. The third-order valence-corrected chi connectivity index (χ3v) is 11.4. The Balaban J connectivity index is 1.68. The smallest absolute Gasteiger partial charge is 0.105 e. The Morgan fingerprint density at radius 3 is 2.30 bits per heavy atom. The summed E-state index contributed by atoms with van der Waals surface area (Å²) in [7, 11) is 0. The van der Waals surface area contributed by atoms with Crippen LogP contribution in [-0.2, 0) is 0 Å². The lowest BCUT2D eigenvalue weighted by Gasteiger charge is -2.65. The first-order valence-corrected chi connectivity index (χ1v) is 13.4. The fourth-order valence-corrected chi connectivity index (χ4v) is 8.62. The van der Waals surface area contributed by atoms with Crippen LogP contribution in [0.25, 0.3) is 0 Å². The zero-order valence-corrected chi connectivity index (χ0v) is 21.9. The van der Waals surface area contributed by atoms with E-state index in [1.165, 1.54) is 5.57 Å². The fourth-order valence-electron chi connectivity index (χ4n) is 8.62. The van der Waals surface area contributed by atoms with Gasteiger partial charge >= 0.3 is 0 Å². The summed E-state index contributed by atoms with van der Waals surface area (Å²) in [6, 6.07) is 0. The average Bonchev–Trinajstić information content (AvgIpc) is 3.09. The minimum atomic E-state index is -1.49. The van der Waals surface area contributed by atoms with Crippen LogP contribution < -0.4 is 0 Å². The van der Waals surface area contributed by atoms with Crippen molar-refractivity contribution in [2.24, 2.45) is 40.4 Å². The molecule has 10 atom stereocenters. The summed E-state index contributed by atoms with van der Waals surface area (Å²) in [5, 5.41) is 45.3. The van der Waals surface area contributed by atoms with Crippen LogP contribution in [-0.4, -0.2) is 43.8 Å². The third kappa shape index (κ3) is 3.45. The normalized spacial score (nSPS) is 49.7. The molecule has 0 spiro atoms. The molecule has 3 fully saturated rings. The Morgan fingerprint density at radius 2 is 1.67 bits per heavy atom. The molecule has 10 unspecified atom stereocenters. The van der Waals surface area contributed by atoms with Crippen molar-refractivity contribution in [3.63, 3.8) is 0 Å². The summed E-state index contributed by atoms with van der Waals surface area (Å²) in [6.07, 6.45) is 7.49. The van der Waals surface area contributed by atoms with E-state index < -0.39 is 28.8 Å². The number of rotatable bonds is 4. The third-order valence-electron chi connectivity index (χ3n) is 11.4. The molecule has 0 bridgehead atoms. The summed E-state index contributed by atoms with van der Waals surface area (Å²) in [5.41, 5.74) is -0.942. The van der Waals surface area contributed by atoms with E-state index in [1.807, 2.05) is 6.92 Å². The molecule has 3 saturated carbocycles. The largest absolute Gasteiger partial charge is 0.393 e. The van der Waals surface area contributed by atoms with Crippen molar-refractivity contribution >= 4 is 0 Å². The molecule has 0 aromatic rings. The molecule has 4 aliphatic carbocycles. The Bertz CT molecular complexity index is 831. The summed E-state index contributed by atoms with van der Waals surface area (Å²) < 4.78 is 0. The van der Waals surface area contributed by atoms with Crippen molar-refractivity contribution in [1.29, 1.82) is 0 Å². The quantitative estimate of drug-likeness (QED) is 0.445. The number of hydrogen-bond acceptors (Lipinski definition) is 4. The highest BCUT2D eigenvalue weighted by atomic mass is 16.4. The van der Waals surface area contributed by atoms with Crippen molar-refractivity contribution in [1.82, 2.24) is 0 Å². The minimum Gasteiger partial charge on any atom is -0.393 e. The van der Waals surface area contributed by atoms with E-state index in [2.05, 4.69) is 47.6 Å². The van der Waals surface area contributed by atoms with Crippen LogP contribution >= 0.6 is 0 Å². The van der Waals surface area contributed by atoms with Gasteiger partial charge in [0, 0.05) is 11.8 Å². The first-order valence-electron chi connectivity index (χ1n) is 13.4. The van der Waals surface area contributed by atoms with Crippen LogP contribution in [0.2, 0.25) is 0 Å². The van der Waals surface area contributed by atoms with E-state index in [4.69, 9.17) is 0 Å². The Morgan fingerprint density at radius 1 is 1.00 bits per heavy atom. The number of aliphatic hydroxyl groups excluding tert-OH is 2. The molecular weight excluding hydrogens is 412 g/mol. The fraction of sp³-hybridized carbons (Fsp3) is 0.862. The van der Waals surface area contributed by atoms with E-state index in [1.54, 1.807) is 6.08 Å². The van der Waals surface area contributed by atoms with Crippen LogP contribution in [0, 0.1) is 40.4 Å². The van der Waals surface area contributed by atoms with Gasteiger partial charge in [0.05, 0.1) is 11.7 Å². The predicted molar refractivity (Wildman–Crippen MR) is 132 cm³/mol. The highest BCUT2D eigenvalue weighted by Gasteiger charge is 2.71. The zero-order valence-electron chi connectivity index (χ0n) is 21.9. The summed E-state index contributed by atoms with van der Waals surface area (Å²) in [5.74, 6) is 2.44. The molecule has 0 aromatic heterocycles. The second-order valence-electron chi connectivity index (χ2n) is 13.1. The van der Waals surface area contributed by atoms with Crippen molar-refractivity contribution in [3.05, 3.63) is 23.3 Å². The highest BCUT2D eigenvalue weighted by Crippen LogP contribution is 2.69. The number of fused-ring (bicyclic) bond motifs is 5. The van der Waals surface area contributed by atoms with E-state index >= 15 is 0 Å². The Hall–Kier alpha value is -0.680. The maximum absolute atomic E-state index is 12.2. The summed E-state index contributed by atoms with van der Waals surface area (Å²) in [4.78, 5) is 0. The van der Waals surface area contributed by atoms with Crippen molar-refractivity contribution < 1.29 is 20.4 Å². The minimum absolute atomic E-state index is 0.0784. The number of hydrogen-bond donors (Lipinski definition) is 4.